The normalized spacial score (nSPS) is 25.9. The largest absolute Gasteiger partial charge is 0.493 e. The lowest BCUT2D eigenvalue weighted by atomic mass is 9.76. The zero-order valence-electron chi connectivity index (χ0n) is 20.4. The third-order valence-corrected chi connectivity index (χ3v) is 7.88. The van der Waals surface area contributed by atoms with Gasteiger partial charge in [-0.25, -0.2) is 0 Å². The minimum atomic E-state index is -1.47. The van der Waals surface area contributed by atoms with E-state index < -0.39 is 41.1 Å². The van der Waals surface area contributed by atoms with E-state index in [1.54, 1.807) is 37.4 Å². The number of hydrogen-bond donors (Lipinski definition) is 3. The van der Waals surface area contributed by atoms with Gasteiger partial charge >= 0.3 is 0 Å². The standard InChI is InChI=1S/C26H27ClN4O6/c1-36-17-8-6-13(12-18(17)37-2)10-11-31-23(33)20-16(7-9-19(28)32)30-26(21(20)24(31)34)14-4-3-5-15(27)22(14)29-25(26)35/h3-6,8,12,16,20-21,30H,7,9-11H2,1-2H3,(H2,28,32)(H,29,35)/t16-,20-,21+,26-/m1/s1. The van der Waals surface area contributed by atoms with Gasteiger partial charge in [-0.1, -0.05) is 29.8 Å². The van der Waals surface area contributed by atoms with E-state index in [2.05, 4.69) is 10.6 Å². The number of rotatable bonds is 8. The number of carbonyl (C=O) groups is 4. The molecular weight excluding hydrogens is 500 g/mol. The number of nitrogens with one attached hydrogen (secondary N) is 2. The van der Waals surface area contributed by atoms with Gasteiger partial charge in [-0.2, -0.15) is 0 Å². The second kappa shape index (κ2) is 9.35. The molecule has 0 bridgehead atoms. The van der Waals surface area contributed by atoms with Crippen LogP contribution in [0.25, 0.3) is 0 Å². The minimum Gasteiger partial charge on any atom is -0.493 e. The summed E-state index contributed by atoms with van der Waals surface area (Å²) in [6, 6.07) is 9.87. The lowest BCUT2D eigenvalue weighted by Gasteiger charge is -2.29. The molecule has 3 aliphatic heterocycles. The molecule has 0 radical (unpaired) electrons. The van der Waals surface area contributed by atoms with Gasteiger partial charge in [0.25, 0.3) is 0 Å². The number of carbonyl (C=O) groups excluding carboxylic acids is 4. The van der Waals surface area contributed by atoms with Crippen molar-refractivity contribution < 1.29 is 28.7 Å². The summed E-state index contributed by atoms with van der Waals surface area (Å²) in [7, 11) is 3.08. The molecule has 2 saturated heterocycles. The number of halogens is 1. The number of methoxy groups -OCH3 is 2. The Morgan fingerprint density at radius 3 is 2.57 bits per heavy atom. The molecule has 0 saturated carbocycles. The summed E-state index contributed by atoms with van der Waals surface area (Å²) in [6.07, 6.45) is 0.607. The fourth-order valence-electron chi connectivity index (χ4n) is 5.90. The van der Waals surface area contributed by atoms with Crippen LogP contribution in [0.4, 0.5) is 5.69 Å². The highest BCUT2D eigenvalue weighted by Crippen LogP contribution is 2.54. The summed E-state index contributed by atoms with van der Waals surface area (Å²) in [6.45, 7) is 0.128. The van der Waals surface area contributed by atoms with E-state index in [9.17, 15) is 19.2 Å². The Labute approximate surface area is 218 Å². The minimum absolute atomic E-state index is 0.00804. The molecule has 194 valence electrons. The Bertz CT molecular complexity index is 1320. The van der Waals surface area contributed by atoms with Crippen molar-refractivity contribution in [2.24, 2.45) is 17.6 Å². The third kappa shape index (κ3) is 3.82. The Kier molecular flexibility index (Phi) is 6.33. The number of imide groups is 1. The number of nitrogens with two attached hydrogens (primary N) is 1. The predicted octanol–water partition coefficient (Wildman–Crippen LogP) is 1.59. The number of para-hydroxylation sites is 1. The molecule has 2 aromatic rings. The molecule has 0 aromatic heterocycles. The third-order valence-electron chi connectivity index (χ3n) is 7.56. The first-order valence-corrected chi connectivity index (χ1v) is 12.3. The average molecular weight is 527 g/mol. The maximum Gasteiger partial charge on any atom is 0.250 e. The number of nitrogens with zero attached hydrogens (tertiary/aromatic N) is 1. The van der Waals surface area contributed by atoms with Gasteiger partial charge in [0.1, 0.15) is 5.54 Å². The van der Waals surface area contributed by atoms with Crippen molar-refractivity contribution >= 4 is 40.9 Å². The number of hydrogen-bond acceptors (Lipinski definition) is 7. The van der Waals surface area contributed by atoms with E-state index >= 15 is 0 Å². The average Bonchev–Trinajstić information content (AvgIpc) is 3.46. The zero-order valence-corrected chi connectivity index (χ0v) is 21.1. The molecule has 0 unspecified atom stereocenters. The quantitative estimate of drug-likeness (QED) is 0.444. The van der Waals surface area contributed by atoms with Gasteiger partial charge in [0.15, 0.2) is 11.5 Å². The van der Waals surface area contributed by atoms with Gasteiger partial charge in [0.2, 0.25) is 23.6 Å². The van der Waals surface area contributed by atoms with Crippen molar-refractivity contribution in [3.05, 3.63) is 52.5 Å². The lowest BCUT2D eigenvalue weighted by Crippen LogP contribution is -2.53. The van der Waals surface area contributed by atoms with E-state index in [-0.39, 0.29) is 25.3 Å². The molecule has 2 fully saturated rings. The van der Waals surface area contributed by atoms with Crippen molar-refractivity contribution in [2.75, 3.05) is 26.1 Å². The maximum atomic E-state index is 13.8. The van der Waals surface area contributed by atoms with Crippen LogP contribution in [0.2, 0.25) is 5.02 Å². The molecule has 0 aliphatic carbocycles. The second-order valence-corrected chi connectivity index (χ2v) is 9.86. The number of primary amides is 1. The van der Waals surface area contributed by atoms with Crippen LogP contribution in [0, 0.1) is 11.8 Å². The highest BCUT2D eigenvalue weighted by molar-refractivity contribution is 6.35. The summed E-state index contributed by atoms with van der Waals surface area (Å²) in [5.41, 5.74) is 5.69. The second-order valence-electron chi connectivity index (χ2n) is 9.45. The molecule has 4 amide bonds. The van der Waals surface area contributed by atoms with Gasteiger partial charge in [-0.05, 0) is 36.6 Å². The summed E-state index contributed by atoms with van der Waals surface area (Å²) in [5.74, 6) is -2.48. The monoisotopic (exact) mass is 526 g/mol. The van der Waals surface area contributed by atoms with Crippen LogP contribution >= 0.6 is 11.6 Å². The summed E-state index contributed by atoms with van der Waals surface area (Å²) in [4.78, 5) is 53.8. The Morgan fingerprint density at radius 1 is 1.11 bits per heavy atom. The van der Waals surface area contributed by atoms with E-state index in [1.165, 1.54) is 12.0 Å². The summed E-state index contributed by atoms with van der Waals surface area (Å²) < 4.78 is 10.6. The molecule has 1 spiro atoms. The first-order valence-electron chi connectivity index (χ1n) is 12.0. The molecule has 3 heterocycles. The molecule has 37 heavy (non-hydrogen) atoms. The van der Waals surface area contributed by atoms with Crippen LogP contribution in [0.15, 0.2) is 36.4 Å². The number of amides is 4. The van der Waals surface area contributed by atoms with Crippen molar-refractivity contribution in [1.82, 2.24) is 10.2 Å². The first-order chi connectivity index (χ1) is 17.7. The Hall–Kier alpha value is -3.63. The van der Waals surface area contributed by atoms with Crippen LogP contribution in [-0.2, 0) is 31.1 Å². The number of fused-ring (bicyclic) bond motifs is 4. The summed E-state index contributed by atoms with van der Waals surface area (Å²) >= 11 is 6.35. The molecule has 4 N–H and O–H groups in total. The number of likely N-dealkylation sites (tertiary alicyclic amines) is 1. The van der Waals surface area contributed by atoms with Crippen molar-refractivity contribution in [3.8, 4) is 11.5 Å². The number of anilines is 1. The van der Waals surface area contributed by atoms with Crippen LogP contribution < -0.4 is 25.8 Å². The van der Waals surface area contributed by atoms with Crippen molar-refractivity contribution in [1.29, 1.82) is 0 Å². The fourth-order valence-corrected chi connectivity index (χ4v) is 6.12. The smallest absolute Gasteiger partial charge is 0.250 e. The molecule has 10 nitrogen and oxygen atoms in total. The van der Waals surface area contributed by atoms with Crippen LogP contribution in [-0.4, -0.2) is 55.3 Å². The van der Waals surface area contributed by atoms with Crippen LogP contribution in [0.3, 0.4) is 0 Å². The highest BCUT2D eigenvalue weighted by Gasteiger charge is 2.70. The highest BCUT2D eigenvalue weighted by atomic mass is 35.5. The van der Waals surface area contributed by atoms with Crippen LogP contribution in [0.1, 0.15) is 24.0 Å². The topological polar surface area (TPSA) is 140 Å². The molecular formula is C26H27ClN4O6. The predicted molar refractivity (Wildman–Crippen MR) is 134 cm³/mol. The first kappa shape index (κ1) is 25.0. The zero-order chi connectivity index (χ0) is 26.5. The Morgan fingerprint density at radius 2 is 1.86 bits per heavy atom. The van der Waals surface area contributed by atoms with Gasteiger partial charge in [-0.15, -0.1) is 0 Å². The van der Waals surface area contributed by atoms with Gasteiger partial charge in [-0.3, -0.25) is 29.4 Å². The van der Waals surface area contributed by atoms with E-state index in [4.69, 9.17) is 26.8 Å². The Balaban J connectivity index is 1.48. The van der Waals surface area contributed by atoms with Crippen LogP contribution in [0.5, 0.6) is 11.5 Å². The number of benzene rings is 2. The molecule has 4 atom stereocenters. The van der Waals surface area contributed by atoms with Crippen molar-refractivity contribution in [2.45, 2.75) is 30.8 Å². The molecule has 5 rings (SSSR count). The molecule has 11 heteroatoms. The van der Waals surface area contributed by atoms with Gasteiger partial charge < -0.3 is 20.5 Å². The molecule has 3 aliphatic rings. The van der Waals surface area contributed by atoms with E-state index in [0.29, 0.717) is 34.2 Å². The molecule has 2 aromatic carbocycles. The van der Waals surface area contributed by atoms with E-state index in [1.807, 2.05) is 6.07 Å². The summed E-state index contributed by atoms with van der Waals surface area (Å²) in [5, 5.41) is 6.39. The van der Waals surface area contributed by atoms with Crippen molar-refractivity contribution in [3.63, 3.8) is 0 Å². The van der Waals surface area contributed by atoms with Gasteiger partial charge in [0.05, 0.1) is 36.8 Å². The maximum absolute atomic E-state index is 13.8. The van der Waals surface area contributed by atoms with Gasteiger partial charge in [0, 0.05) is 24.6 Å². The SMILES string of the molecule is COc1ccc(CCN2C(=O)[C@H]3[C@@H](C2=O)[C@@]2(N[C@@H]3CCC(N)=O)C(=O)Nc3c(Cl)cccc32)cc1OC. The lowest BCUT2D eigenvalue weighted by molar-refractivity contribution is -0.142. The van der Waals surface area contributed by atoms with E-state index in [0.717, 1.165) is 5.56 Å². The fraction of sp³-hybridized carbons (Fsp3) is 0.385. The number of ether oxygens (including phenoxy) is 2.